The fourth-order valence-corrected chi connectivity index (χ4v) is 1.95. The molecule has 0 radical (unpaired) electrons. The summed E-state index contributed by atoms with van der Waals surface area (Å²) in [6, 6.07) is 9.61. The lowest BCUT2D eigenvalue weighted by atomic mass is 10.1. The van der Waals surface area contributed by atoms with Crippen molar-refractivity contribution < 1.29 is 8.78 Å². The number of hydrogen-bond acceptors (Lipinski definition) is 2. The van der Waals surface area contributed by atoms with Crippen molar-refractivity contribution >= 4 is 23.1 Å². The summed E-state index contributed by atoms with van der Waals surface area (Å²) in [5, 5.41) is 1.95. The van der Waals surface area contributed by atoms with Crippen LogP contribution in [0.5, 0.6) is 0 Å². The highest BCUT2D eigenvalue weighted by Crippen LogP contribution is 2.23. The molecular weight excluding hydrogens is 324 g/mol. The van der Waals surface area contributed by atoms with E-state index in [1.165, 1.54) is 0 Å². The van der Waals surface area contributed by atoms with Gasteiger partial charge in [-0.3, -0.25) is 0 Å². The Kier molecular flexibility index (Phi) is 6.41. The molecule has 0 aliphatic heterocycles. The predicted octanol–water partition coefficient (Wildman–Crippen LogP) is 5.25. The Morgan fingerprint density at radius 2 is 1.46 bits per heavy atom. The van der Waals surface area contributed by atoms with E-state index in [9.17, 15) is 8.78 Å². The third kappa shape index (κ3) is 4.86. The van der Waals surface area contributed by atoms with E-state index in [1.807, 2.05) is 29.4 Å². The number of nitrogens with zero attached hydrogens (tertiary/aromatic N) is 1. The molecule has 0 heterocycles. The van der Waals surface area contributed by atoms with Crippen LogP contribution in [0, 0.1) is 35.3 Å². The molecule has 0 fully saturated rings. The summed E-state index contributed by atoms with van der Waals surface area (Å²) in [4.78, 5) is 3.36. The molecule has 2 rings (SSSR count). The van der Waals surface area contributed by atoms with Gasteiger partial charge in [-0.15, -0.1) is 0 Å². The van der Waals surface area contributed by atoms with Crippen LogP contribution in [0.3, 0.4) is 0 Å². The van der Waals surface area contributed by atoms with Gasteiger partial charge in [0.2, 0.25) is 0 Å². The van der Waals surface area contributed by atoms with Crippen LogP contribution in [0.2, 0.25) is 0 Å². The number of isothiocyanates is 1. The Balaban J connectivity index is 2.21. The number of benzene rings is 2. The molecule has 0 amide bonds. The SMILES string of the molecule is CCCC#Cc1ccc(C#Cc2cc(F)c(N=C=S)c(F)c2)cc1. The number of aliphatic imine (C=N–C) groups is 1. The largest absolute Gasteiger partial charge is 0.204 e. The minimum absolute atomic E-state index is 0.222. The highest BCUT2D eigenvalue weighted by Gasteiger charge is 2.09. The maximum absolute atomic E-state index is 13.7. The van der Waals surface area contributed by atoms with Gasteiger partial charge in [-0.2, -0.15) is 4.99 Å². The van der Waals surface area contributed by atoms with Gasteiger partial charge in [-0.25, -0.2) is 8.78 Å². The van der Waals surface area contributed by atoms with Crippen molar-refractivity contribution in [1.82, 2.24) is 0 Å². The Bertz CT molecular complexity index is 880. The number of unbranched alkanes of at least 4 members (excludes halogenated alkanes) is 1. The molecule has 0 spiro atoms. The Morgan fingerprint density at radius 1 is 0.917 bits per heavy atom. The van der Waals surface area contributed by atoms with E-state index in [1.54, 1.807) is 0 Å². The number of hydrogen-bond donors (Lipinski definition) is 0. The summed E-state index contributed by atoms with van der Waals surface area (Å²) in [6.45, 7) is 2.08. The average Bonchev–Trinajstić information content (AvgIpc) is 2.58. The molecule has 0 saturated carbocycles. The topological polar surface area (TPSA) is 12.4 Å². The zero-order chi connectivity index (χ0) is 17.4. The van der Waals surface area contributed by atoms with Crippen LogP contribution in [0.15, 0.2) is 41.4 Å². The molecule has 2 aromatic carbocycles. The quantitative estimate of drug-likeness (QED) is 0.414. The lowest BCUT2D eigenvalue weighted by Gasteiger charge is -1.98. The molecule has 0 saturated heterocycles. The van der Waals surface area contributed by atoms with E-state index >= 15 is 0 Å². The molecule has 0 aromatic heterocycles. The lowest BCUT2D eigenvalue weighted by molar-refractivity contribution is 0.587. The van der Waals surface area contributed by atoms with Crippen molar-refractivity contribution in [3.05, 3.63) is 64.7 Å². The minimum Gasteiger partial charge on any atom is -0.204 e. The first-order valence-electron chi connectivity index (χ1n) is 7.32. The van der Waals surface area contributed by atoms with E-state index in [0.717, 1.165) is 36.1 Å². The summed E-state index contributed by atoms with van der Waals surface area (Å²) in [5.74, 6) is 10.1. The van der Waals surface area contributed by atoms with Gasteiger partial charge in [0.15, 0.2) is 11.6 Å². The van der Waals surface area contributed by atoms with Crippen molar-refractivity contribution in [2.75, 3.05) is 0 Å². The molecule has 24 heavy (non-hydrogen) atoms. The van der Waals surface area contributed by atoms with E-state index in [-0.39, 0.29) is 5.56 Å². The molecule has 0 aliphatic rings. The fourth-order valence-electron chi connectivity index (χ4n) is 1.86. The van der Waals surface area contributed by atoms with Crippen LogP contribution in [-0.4, -0.2) is 5.16 Å². The standard InChI is InChI=1S/C20H13F2NS/c1-2-3-4-5-15-6-8-16(9-7-15)10-11-17-12-18(21)20(23-14-24)19(22)13-17/h6-9,12-13H,2-3H2,1H3. The monoisotopic (exact) mass is 337 g/mol. The second kappa shape index (κ2) is 8.75. The Morgan fingerprint density at radius 3 is 2.00 bits per heavy atom. The second-order valence-corrected chi connectivity index (χ2v) is 5.05. The first-order valence-corrected chi connectivity index (χ1v) is 7.72. The predicted molar refractivity (Wildman–Crippen MR) is 95.3 cm³/mol. The van der Waals surface area contributed by atoms with Gasteiger partial charge in [0, 0.05) is 23.1 Å². The van der Waals surface area contributed by atoms with Gasteiger partial charge < -0.3 is 0 Å². The number of thiocarbonyl (C=S) groups is 1. The van der Waals surface area contributed by atoms with Gasteiger partial charge >= 0.3 is 0 Å². The third-order valence-corrected chi connectivity index (χ3v) is 3.11. The minimum atomic E-state index is -0.821. The molecule has 0 unspecified atom stereocenters. The van der Waals surface area contributed by atoms with Crippen LogP contribution in [-0.2, 0) is 0 Å². The smallest absolute Gasteiger partial charge is 0.153 e. The first-order chi connectivity index (χ1) is 11.6. The van der Waals surface area contributed by atoms with E-state index < -0.39 is 17.3 Å². The molecule has 2 aromatic rings. The summed E-state index contributed by atoms with van der Waals surface area (Å²) >= 11 is 4.36. The summed E-state index contributed by atoms with van der Waals surface area (Å²) < 4.78 is 27.4. The van der Waals surface area contributed by atoms with Crippen molar-refractivity contribution in [1.29, 1.82) is 0 Å². The van der Waals surface area contributed by atoms with Gasteiger partial charge in [0.05, 0.1) is 5.16 Å². The van der Waals surface area contributed by atoms with Crippen LogP contribution >= 0.6 is 12.2 Å². The van der Waals surface area contributed by atoms with E-state index in [0.29, 0.717) is 0 Å². The molecule has 0 aliphatic carbocycles. The van der Waals surface area contributed by atoms with Crippen LogP contribution in [0.1, 0.15) is 36.5 Å². The van der Waals surface area contributed by atoms with Crippen molar-refractivity contribution in [2.24, 2.45) is 4.99 Å². The first kappa shape index (κ1) is 17.6. The molecule has 0 bridgehead atoms. The summed E-state index contributed by atoms with van der Waals surface area (Å²) in [7, 11) is 0. The molecule has 1 nitrogen and oxygen atoms in total. The second-order valence-electron chi connectivity index (χ2n) is 4.87. The zero-order valence-corrected chi connectivity index (χ0v) is 13.8. The highest BCUT2D eigenvalue weighted by molar-refractivity contribution is 7.78. The fraction of sp³-hybridized carbons (Fsp3) is 0.150. The normalized spacial score (nSPS) is 9.12. The third-order valence-electron chi connectivity index (χ3n) is 3.02. The molecule has 0 atom stereocenters. The van der Waals surface area contributed by atoms with Crippen LogP contribution in [0.4, 0.5) is 14.5 Å². The summed E-state index contributed by atoms with van der Waals surface area (Å²) in [5.41, 5.74) is 1.41. The maximum atomic E-state index is 13.7. The molecule has 4 heteroatoms. The Hall–Kier alpha value is -2.78. The maximum Gasteiger partial charge on any atom is 0.153 e. The van der Waals surface area contributed by atoms with Gasteiger partial charge in [0.1, 0.15) is 5.69 Å². The van der Waals surface area contributed by atoms with Crippen molar-refractivity contribution in [3.8, 4) is 23.7 Å². The Labute approximate surface area is 145 Å². The van der Waals surface area contributed by atoms with Crippen molar-refractivity contribution in [2.45, 2.75) is 19.8 Å². The molecule has 118 valence electrons. The van der Waals surface area contributed by atoms with Gasteiger partial charge in [-0.1, -0.05) is 30.6 Å². The van der Waals surface area contributed by atoms with E-state index in [4.69, 9.17) is 0 Å². The van der Waals surface area contributed by atoms with Gasteiger partial charge in [0.25, 0.3) is 0 Å². The average molecular weight is 337 g/mol. The zero-order valence-electron chi connectivity index (χ0n) is 13.0. The van der Waals surface area contributed by atoms with Gasteiger partial charge in [-0.05, 0) is 55.0 Å². The van der Waals surface area contributed by atoms with Crippen LogP contribution < -0.4 is 0 Å². The number of halogens is 2. The molecule has 0 N–H and O–H groups in total. The molecular formula is C20H13F2NS. The van der Waals surface area contributed by atoms with Crippen LogP contribution in [0.25, 0.3) is 0 Å². The van der Waals surface area contributed by atoms with Crippen molar-refractivity contribution in [3.63, 3.8) is 0 Å². The number of rotatable bonds is 2. The van der Waals surface area contributed by atoms with E-state index in [2.05, 4.69) is 47.8 Å². The lowest BCUT2D eigenvalue weighted by Crippen LogP contribution is -1.86. The highest BCUT2D eigenvalue weighted by atomic mass is 32.1. The summed E-state index contributed by atoms with van der Waals surface area (Å²) in [6.07, 6.45) is 1.89.